The molecule has 1 heterocycles. The van der Waals surface area contributed by atoms with Gasteiger partial charge in [0, 0.05) is 18.4 Å². The summed E-state index contributed by atoms with van der Waals surface area (Å²) in [7, 11) is 1.99. The molecule has 0 aliphatic heterocycles. The number of para-hydroxylation sites is 1. The molecule has 0 radical (unpaired) electrons. The summed E-state index contributed by atoms with van der Waals surface area (Å²) in [6.45, 7) is 0.723. The Morgan fingerprint density at radius 2 is 1.84 bits per heavy atom. The van der Waals surface area contributed by atoms with Crippen molar-refractivity contribution in [3.8, 4) is 5.75 Å². The second-order valence-corrected chi connectivity index (χ2v) is 4.50. The summed E-state index contributed by atoms with van der Waals surface area (Å²) in [4.78, 5) is 4.04. The van der Waals surface area contributed by atoms with E-state index in [-0.39, 0.29) is 0 Å². The van der Waals surface area contributed by atoms with Crippen LogP contribution < -0.4 is 10.1 Å². The summed E-state index contributed by atoms with van der Waals surface area (Å²) in [6.07, 6.45) is 5.65. The van der Waals surface area contributed by atoms with E-state index in [0.717, 1.165) is 25.2 Å². The van der Waals surface area contributed by atoms with Crippen molar-refractivity contribution < 1.29 is 4.74 Å². The van der Waals surface area contributed by atoms with Gasteiger partial charge in [-0.15, -0.1) is 0 Å². The van der Waals surface area contributed by atoms with Crippen molar-refractivity contribution >= 4 is 0 Å². The third kappa shape index (κ3) is 4.72. The maximum Gasteiger partial charge on any atom is 0.119 e. The van der Waals surface area contributed by atoms with Crippen molar-refractivity contribution in [2.24, 2.45) is 0 Å². The zero-order valence-electron chi connectivity index (χ0n) is 11.3. The lowest BCUT2D eigenvalue weighted by Gasteiger charge is -2.16. The zero-order valence-corrected chi connectivity index (χ0v) is 11.3. The molecule has 0 saturated heterocycles. The van der Waals surface area contributed by atoms with E-state index in [0.29, 0.717) is 6.04 Å². The summed E-state index contributed by atoms with van der Waals surface area (Å²) < 4.78 is 5.72. The zero-order chi connectivity index (χ0) is 13.3. The van der Waals surface area contributed by atoms with E-state index in [1.165, 1.54) is 5.56 Å². The summed E-state index contributed by atoms with van der Waals surface area (Å²) >= 11 is 0. The number of hydrogen-bond donors (Lipinski definition) is 1. The molecule has 0 fully saturated rings. The number of nitrogens with one attached hydrogen (secondary N) is 1. The molecule has 19 heavy (non-hydrogen) atoms. The minimum Gasteiger partial charge on any atom is -0.494 e. The minimum atomic E-state index is 0.422. The van der Waals surface area contributed by atoms with E-state index in [1.54, 1.807) is 0 Å². The number of benzene rings is 1. The molecule has 1 unspecified atom stereocenters. The smallest absolute Gasteiger partial charge is 0.119 e. The minimum absolute atomic E-state index is 0.422. The van der Waals surface area contributed by atoms with Gasteiger partial charge in [-0.1, -0.05) is 18.2 Å². The first-order valence-corrected chi connectivity index (χ1v) is 6.62. The number of pyridine rings is 1. The van der Waals surface area contributed by atoms with Crippen LogP contribution in [0.1, 0.15) is 12.0 Å². The highest BCUT2D eigenvalue weighted by atomic mass is 16.5. The standard InChI is InChI=1S/C16H20N2O/c1-17-15(13-14-7-10-18-11-8-14)9-12-19-16-5-3-2-4-6-16/h2-8,10-11,15,17H,9,12-13H2,1H3. The van der Waals surface area contributed by atoms with Gasteiger partial charge in [0.25, 0.3) is 0 Å². The van der Waals surface area contributed by atoms with Crippen molar-refractivity contribution in [2.45, 2.75) is 18.9 Å². The van der Waals surface area contributed by atoms with Gasteiger partial charge in [-0.2, -0.15) is 0 Å². The van der Waals surface area contributed by atoms with Gasteiger partial charge >= 0.3 is 0 Å². The summed E-state index contributed by atoms with van der Waals surface area (Å²) in [6, 6.07) is 14.5. The SMILES string of the molecule is CNC(CCOc1ccccc1)Cc1ccncc1. The van der Waals surface area contributed by atoms with Crippen LogP contribution in [0.2, 0.25) is 0 Å². The molecular weight excluding hydrogens is 236 g/mol. The Balaban J connectivity index is 1.77. The fraction of sp³-hybridized carbons (Fsp3) is 0.312. The number of rotatable bonds is 7. The second-order valence-electron chi connectivity index (χ2n) is 4.50. The van der Waals surface area contributed by atoms with Crippen LogP contribution in [0, 0.1) is 0 Å². The molecule has 0 bridgehead atoms. The molecule has 100 valence electrons. The van der Waals surface area contributed by atoms with E-state index in [2.05, 4.69) is 22.4 Å². The average molecular weight is 256 g/mol. The largest absolute Gasteiger partial charge is 0.494 e. The highest BCUT2D eigenvalue weighted by molar-refractivity contribution is 5.20. The van der Waals surface area contributed by atoms with E-state index in [4.69, 9.17) is 4.74 Å². The number of hydrogen-bond acceptors (Lipinski definition) is 3. The Labute approximate surface area is 114 Å². The van der Waals surface area contributed by atoms with Crippen LogP contribution in [0.15, 0.2) is 54.9 Å². The molecule has 2 aromatic rings. The van der Waals surface area contributed by atoms with Crippen LogP contribution in [0.5, 0.6) is 5.75 Å². The lowest BCUT2D eigenvalue weighted by molar-refractivity contribution is 0.288. The molecule has 1 atom stereocenters. The van der Waals surface area contributed by atoms with Crippen LogP contribution in [0.4, 0.5) is 0 Å². The fourth-order valence-corrected chi connectivity index (χ4v) is 1.99. The van der Waals surface area contributed by atoms with Crippen LogP contribution >= 0.6 is 0 Å². The quantitative estimate of drug-likeness (QED) is 0.827. The molecule has 1 N–H and O–H groups in total. The predicted octanol–water partition coefficient (Wildman–Crippen LogP) is 2.68. The Morgan fingerprint density at radius 1 is 1.11 bits per heavy atom. The van der Waals surface area contributed by atoms with Crippen molar-refractivity contribution in [3.63, 3.8) is 0 Å². The first-order chi connectivity index (χ1) is 9.38. The van der Waals surface area contributed by atoms with E-state index in [9.17, 15) is 0 Å². The Bertz CT molecular complexity index is 459. The van der Waals surface area contributed by atoms with Crippen LogP contribution in [-0.2, 0) is 6.42 Å². The van der Waals surface area contributed by atoms with E-state index >= 15 is 0 Å². The highest BCUT2D eigenvalue weighted by Gasteiger charge is 2.07. The van der Waals surface area contributed by atoms with Gasteiger partial charge in [0.2, 0.25) is 0 Å². The fourth-order valence-electron chi connectivity index (χ4n) is 1.99. The lowest BCUT2D eigenvalue weighted by Crippen LogP contribution is -2.29. The summed E-state index contributed by atoms with van der Waals surface area (Å²) in [5, 5.41) is 3.34. The van der Waals surface area contributed by atoms with Gasteiger partial charge in [0.15, 0.2) is 0 Å². The molecule has 0 aliphatic carbocycles. The number of ether oxygens (including phenoxy) is 1. The maximum absolute atomic E-state index is 5.72. The lowest BCUT2D eigenvalue weighted by atomic mass is 10.1. The first kappa shape index (κ1) is 13.6. The van der Waals surface area contributed by atoms with Gasteiger partial charge in [0.05, 0.1) is 6.61 Å². The van der Waals surface area contributed by atoms with Crippen molar-refractivity contribution in [1.29, 1.82) is 0 Å². The normalized spacial score (nSPS) is 12.1. The van der Waals surface area contributed by atoms with E-state index in [1.807, 2.05) is 49.8 Å². The molecular formula is C16H20N2O. The molecule has 0 saturated carbocycles. The van der Waals surface area contributed by atoms with Gasteiger partial charge in [-0.3, -0.25) is 4.98 Å². The molecule has 1 aromatic carbocycles. The highest BCUT2D eigenvalue weighted by Crippen LogP contribution is 2.10. The molecule has 0 spiro atoms. The second kappa shape index (κ2) is 7.54. The Morgan fingerprint density at radius 3 is 2.53 bits per heavy atom. The van der Waals surface area contributed by atoms with Crippen LogP contribution in [0.25, 0.3) is 0 Å². The molecule has 3 heteroatoms. The summed E-state index contributed by atoms with van der Waals surface area (Å²) in [5.74, 6) is 0.932. The summed E-state index contributed by atoms with van der Waals surface area (Å²) in [5.41, 5.74) is 1.30. The van der Waals surface area contributed by atoms with Crippen LogP contribution in [-0.4, -0.2) is 24.7 Å². The van der Waals surface area contributed by atoms with Crippen molar-refractivity contribution in [3.05, 3.63) is 60.4 Å². The molecule has 1 aromatic heterocycles. The Hall–Kier alpha value is -1.87. The maximum atomic E-state index is 5.72. The Kier molecular flexibility index (Phi) is 5.38. The number of likely N-dealkylation sites (N-methyl/N-ethyl adjacent to an activating group) is 1. The molecule has 3 nitrogen and oxygen atoms in total. The van der Waals surface area contributed by atoms with Crippen molar-refractivity contribution in [2.75, 3.05) is 13.7 Å². The third-order valence-electron chi connectivity index (χ3n) is 3.12. The average Bonchev–Trinajstić information content (AvgIpc) is 2.48. The molecule has 0 aliphatic rings. The number of aromatic nitrogens is 1. The topological polar surface area (TPSA) is 34.1 Å². The van der Waals surface area contributed by atoms with Gasteiger partial charge in [-0.25, -0.2) is 0 Å². The van der Waals surface area contributed by atoms with Gasteiger partial charge < -0.3 is 10.1 Å². The van der Waals surface area contributed by atoms with Gasteiger partial charge in [-0.05, 0) is 49.7 Å². The van der Waals surface area contributed by atoms with Crippen molar-refractivity contribution in [1.82, 2.24) is 10.3 Å². The van der Waals surface area contributed by atoms with Crippen LogP contribution in [0.3, 0.4) is 0 Å². The van der Waals surface area contributed by atoms with Gasteiger partial charge in [0.1, 0.15) is 5.75 Å². The monoisotopic (exact) mass is 256 g/mol. The van der Waals surface area contributed by atoms with E-state index < -0.39 is 0 Å². The third-order valence-corrected chi connectivity index (χ3v) is 3.12. The first-order valence-electron chi connectivity index (χ1n) is 6.62. The molecule has 0 amide bonds. The number of nitrogens with zero attached hydrogens (tertiary/aromatic N) is 1. The predicted molar refractivity (Wildman–Crippen MR) is 77.3 cm³/mol. The molecule has 2 rings (SSSR count).